The minimum Gasteiger partial charge on any atom is -0.462 e. The number of ether oxygens (including phenoxy) is 2. The zero-order valence-corrected chi connectivity index (χ0v) is 16.9. The molecule has 7 nitrogen and oxygen atoms in total. The Hall–Kier alpha value is -3.29. The predicted octanol–water partition coefficient (Wildman–Crippen LogP) is 3.71. The van der Waals surface area contributed by atoms with Crippen molar-refractivity contribution < 1.29 is 14.3 Å². The highest BCUT2D eigenvalue weighted by Crippen LogP contribution is 2.31. The zero-order chi connectivity index (χ0) is 20.8. The fourth-order valence-corrected chi connectivity index (χ4v) is 3.36. The van der Waals surface area contributed by atoms with Crippen LogP contribution in [0, 0.1) is 0 Å². The highest BCUT2D eigenvalue weighted by atomic mass is 16.5. The third-order valence-corrected chi connectivity index (χ3v) is 4.77. The topological polar surface area (TPSA) is 67.8 Å². The van der Waals surface area contributed by atoms with E-state index >= 15 is 0 Å². The van der Waals surface area contributed by atoms with Crippen LogP contribution < -0.4 is 5.01 Å². The lowest BCUT2D eigenvalue weighted by Gasteiger charge is -2.38. The fourth-order valence-electron chi connectivity index (χ4n) is 3.36. The Bertz CT molecular complexity index is 976. The second-order valence-corrected chi connectivity index (χ2v) is 6.73. The highest BCUT2D eigenvalue weighted by molar-refractivity contribution is 5.95. The van der Waals surface area contributed by atoms with E-state index in [1.54, 1.807) is 13.1 Å². The van der Waals surface area contributed by atoms with Crippen LogP contribution in [0.15, 0.2) is 66.9 Å². The van der Waals surface area contributed by atoms with Crippen LogP contribution in [0.25, 0.3) is 11.4 Å². The van der Waals surface area contributed by atoms with Gasteiger partial charge in [-0.05, 0) is 19.1 Å². The van der Waals surface area contributed by atoms with E-state index in [-0.39, 0.29) is 6.61 Å². The molecule has 0 saturated carbocycles. The number of carbonyl (C=O) groups is 1. The smallest absolute Gasteiger partial charge is 0.343 e. The Morgan fingerprint density at radius 2 is 1.73 bits per heavy atom. The van der Waals surface area contributed by atoms with Crippen molar-refractivity contribution in [3.05, 3.63) is 72.4 Å². The average Bonchev–Trinajstić information content (AvgIpc) is 2.81. The SMILES string of the molecule is CCOC(=O)c1cnc(-c2ccccc2)nc1N(c1ccccc1)N1CCOCC1. The third-order valence-electron chi connectivity index (χ3n) is 4.77. The number of aromatic nitrogens is 2. The molecule has 0 unspecified atom stereocenters. The Labute approximate surface area is 175 Å². The first-order valence-electron chi connectivity index (χ1n) is 10.1. The van der Waals surface area contributed by atoms with E-state index in [1.807, 2.05) is 65.7 Å². The number of morpholine rings is 1. The summed E-state index contributed by atoms with van der Waals surface area (Å²) in [5, 5.41) is 4.11. The Kier molecular flexibility index (Phi) is 6.32. The summed E-state index contributed by atoms with van der Waals surface area (Å²) < 4.78 is 10.8. The second-order valence-electron chi connectivity index (χ2n) is 6.73. The third kappa shape index (κ3) is 4.32. The molecule has 4 rings (SSSR count). The summed E-state index contributed by atoms with van der Waals surface area (Å²) in [4.78, 5) is 22.0. The van der Waals surface area contributed by atoms with Crippen LogP contribution in [0.1, 0.15) is 17.3 Å². The van der Waals surface area contributed by atoms with Crippen LogP contribution in [0.5, 0.6) is 0 Å². The van der Waals surface area contributed by atoms with Gasteiger partial charge in [0.15, 0.2) is 11.6 Å². The van der Waals surface area contributed by atoms with E-state index in [9.17, 15) is 4.79 Å². The molecule has 0 radical (unpaired) electrons. The molecule has 1 saturated heterocycles. The molecule has 1 aromatic heterocycles. The molecule has 0 N–H and O–H groups in total. The van der Waals surface area contributed by atoms with Crippen molar-refractivity contribution in [3.63, 3.8) is 0 Å². The van der Waals surface area contributed by atoms with Crippen molar-refractivity contribution >= 4 is 17.5 Å². The van der Waals surface area contributed by atoms with Crippen molar-refractivity contribution in [1.82, 2.24) is 15.0 Å². The van der Waals surface area contributed by atoms with Gasteiger partial charge in [-0.1, -0.05) is 48.5 Å². The first-order chi connectivity index (χ1) is 14.8. The first-order valence-corrected chi connectivity index (χ1v) is 10.1. The maximum absolute atomic E-state index is 12.8. The molecule has 0 atom stereocenters. The maximum Gasteiger partial charge on any atom is 0.343 e. The summed E-state index contributed by atoms with van der Waals surface area (Å²) in [7, 11) is 0. The van der Waals surface area contributed by atoms with Gasteiger partial charge in [-0.15, -0.1) is 0 Å². The molecule has 30 heavy (non-hydrogen) atoms. The Morgan fingerprint density at radius 1 is 1.07 bits per heavy atom. The first kappa shape index (κ1) is 20.0. The molecule has 7 heteroatoms. The predicted molar refractivity (Wildman–Crippen MR) is 114 cm³/mol. The van der Waals surface area contributed by atoms with Gasteiger partial charge in [-0.2, -0.15) is 0 Å². The summed E-state index contributed by atoms with van der Waals surface area (Å²) in [6, 6.07) is 19.6. The monoisotopic (exact) mass is 404 g/mol. The molecule has 3 aromatic rings. The number of anilines is 2. The summed E-state index contributed by atoms with van der Waals surface area (Å²) in [6.07, 6.45) is 1.55. The summed E-state index contributed by atoms with van der Waals surface area (Å²) in [5.41, 5.74) is 2.11. The number of hydrazine groups is 1. The molecule has 0 bridgehead atoms. The van der Waals surface area contributed by atoms with Crippen molar-refractivity contribution in [1.29, 1.82) is 0 Å². The van der Waals surface area contributed by atoms with Crippen molar-refractivity contribution in [2.75, 3.05) is 37.9 Å². The molecule has 0 spiro atoms. The van der Waals surface area contributed by atoms with Crippen LogP contribution in [0.4, 0.5) is 11.5 Å². The van der Waals surface area contributed by atoms with Gasteiger partial charge in [-0.25, -0.2) is 19.8 Å². The summed E-state index contributed by atoms with van der Waals surface area (Å²) in [5.74, 6) is 0.601. The van der Waals surface area contributed by atoms with E-state index in [1.165, 1.54) is 0 Å². The molecule has 0 amide bonds. The number of hydrogen-bond donors (Lipinski definition) is 0. The molecule has 154 valence electrons. The van der Waals surface area contributed by atoms with Crippen LogP contribution >= 0.6 is 0 Å². The van der Waals surface area contributed by atoms with Crippen LogP contribution in [0.3, 0.4) is 0 Å². The molecule has 1 aliphatic rings. The zero-order valence-electron chi connectivity index (χ0n) is 16.9. The standard InChI is InChI=1S/C23H24N4O3/c1-2-30-23(28)20-17-24-21(18-9-5-3-6-10-18)25-22(20)27(19-11-7-4-8-12-19)26-13-15-29-16-14-26/h3-12,17H,2,13-16H2,1H3. The summed E-state index contributed by atoms with van der Waals surface area (Å²) >= 11 is 0. The summed E-state index contributed by atoms with van der Waals surface area (Å²) in [6.45, 7) is 4.64. The van der Waals surface area contributed by atoms with Crippen LogP contribution in [0.2, 0.25) is 0 Å². The molecule has 0 aliphatic carbocycles. The number of nitrogens with zero attached hydrogens (tertiary/aromatic N) is 4. The van der Waals surface area contributed by atoms with Gasteiger partial charge in [0.1, 0.15) is 5.56 Å². The van der Waals surface area contributed by atoms with Gasteiger partial charge in [-0.3, -0.25) is 5.01 Å². The molecule has 1 fully saturated rings. The number of rotatable bonds is 6. The van der Waals surface area contributed by atoms with Crippen molar-refractivity contribution in [2.45, 2.75) is 6.92 Å². The van der Waals surface area contributed by atoms with Gasteiger partial charge in [0, 0.05) is 24.8 Å². The van der Waals surface area contributed by atoms with Gasteiger partial charge >= 0.3 is 5.97 Å². The normalized spacial score (nSPS) is 14.3. The van der Waals surface area contributed by atoms with E-state index in [4.69, 9.17) is 14.5 Å². The molecular weight excluding hydrogens is 380 g/mol. The van der Waals surface area contributed by atoms with E-state index < -0.39 is 5.97 Å². The average molecular weight is 404 g/mol. The minimum absolute atomic E-state index is 0.279. The molecular formula is C23H24N4O3. The largest absolute Gasteiger partial charge is 0.462 e. The number of hydrogen-bond acceptors (Lipinski definition) is 7. The molecule has 1 aliphatic heterocycles. The molecule has 2 heterocycles. The lowest BCUT2D eigenvalue weighted by Crippen LogP contribution is -2.47. The van der Waals surface area contributed by atoms with Gasteiger partial charge < -0.3 is 9.47 Å². The quantitative estimate of drug-likeness (QED) is 0.580. The van der Waals surface area contributed by atoms with Gasteiger partial charge in [0.2, 0.25) is 0 Å². The lowest BCUT2D eigenvalue weighted by molar-refractivity contribution is 0.0371. The number of esters is 1. The number of benzene rings is 2. The van der Waals surface area contributed by atoms with Gasteiger partial charge in [0.25, 0.3) is 0 Å². The Morgan fingerprint density at radius 3 is 2.40 bits per heavy atom. The van der Waals surface area contributed by atoms with Crippen LogP contribution in [-0.4, -0.2) is 53.9 Å². The van der Waals surface area contributed by atoms with E-state index in [0.717, 1.165) is 11.3 Å². The minimum atomic E-state index is -0.443. The second kappa shape index (κ2) is 9.47. The van der Waals surface area contributed by atoms with E-state index in [2.05, 4.69) is 9.99 Å². The fraction of sp³-hybridized carbons (Fsp3) is 0.261. The van der Waals surface area contributed by atoms with E-state index in [0.29, 0.717) is 43.5 Å². The van der Waals surface area contributed by atoms with Crippen LogP contribution in [-0.2, 0) is 9.47 Å². The van der Waals surface area contributed by atoms with Crippen molar-refractivity contribution in [2.24, 2.45) is 0 Å². The lowest BCUT2D eigenvalue weighted by atomic mass is 10.2. The van der Waals surface area contributed by atoms with Crippen molar-refractivity contribution in [3.8, 4) is 11.4 Å². The van der Waals surface area contributed by atoms with Gasteiger partial charge in [0.05, 0.1) is 25.5 Å². The molecule has 2 aromatic carbocycles. The number of para-hydroxylation sites is 1. The number of carbonyl (C=O) groups excluding carboxylic acids is 1. The maximum atomic E-state index is 12.8. The highest BCUT2D eigenvalue weighted by Gasteiger charge is 2.28. The Balaban J connectivity index is 1.87.